The minimum absolute atomic E-state index is 0.0303. The average Bonchev–Trinajstić information content (AvgIpc) is 2.87. The zero-order valence-electron chi connectivity index (χ0n) is 14.0. The Balaban J connectivity index is 1.93. The number of aromatic nitrogens is 2. The van der Waals surface area contributed by atoms with Crippen LogP contribution in [0.1, 0.15) is 47.9 Å². The molecule has 0 atom stereocenters. The molecule has 2 N–H and O–H groups in total. The summed E-state index contributed by atoms with van der Waals surface area (Å²) in [6.07, 6.45) is 3.81. The van der Waals surface area contributed by atoms with Crippen LogP contribution in [0.25, 0.3) is 5.65 Å². The van der Waals surface area contributed by atoms with E-state index >= 15 is 0 Å². The van der Waals surface area contributed by atoms with Gasteiger partial charge in [0.05, 0.1) is 5.69 Å². The Bertz CT molecular complexity index is 706. The van der Waals surface area contributed by atoms with Crippen molar-refractivity contribution < 1.29 is 9.59 Å². The monoisotopic (exact) mass is 316 g/mol. The molecule has 0 spiro atoms. The van der Waals surface area contributed by atoms with E-state index in [1.807, 2.05) is 43.5 Å². The van der Waals surface area contributed by atoms with E-state index < -0.39 is 0 Å². The first-order chi connectivity index (χ1) is 11.0. The van der Waals surface area contributed by atoms with Gasteiger partial charge in [-0.2, -0.15) is 0 Å². The number of carbonyl (C=O) groups excluding carboxylic acids is 2. The van der Waals surface area contributed by atoms with Crippen molar-refractivity contribution in [3.8, 4) is 0 Å². The minimum Gasteiger partial charge on any atom is -0.356 e. The highest BCUT2D eigenvalue weighted by atomic mass is 16.2. The van der Waals surface area contributed by atoms with Gasteiger partial charge in [0.1, 0.15) is 11.3 Å². The van der Waals surface area contributed by atoms with Crippen molar-refractivity contribution in [2.24, 2.45) is 0 Å². The second-order valence-electron chi connectivity index (χ2n) is 5.64. The van der Waals surface area contributed by atoms with Crippen LogP contribution in [0.15, 0.2) is 18.3 Å². The largest absolute Gasteiger partial charge is 0.356 e. The lowest BCUT2D eigenvalue weighted by Crippen LogP contribution is -2.28. The van der Waals surface area contributed by atoms with E-state index in [1.165, 1.54) is 0 Å². The predicted octanol–water partition coefficient (Wildman–Crippen LogP) is 1.99. The van der Waals surface area contributed by atoms with Gasteiger partial charge in [0.2, 0.25) is 5.91 Å². The number of amides is 2. The summed E-state index contributed by atoms with van der Waals surface area (Å²) >= 11 is 0. The van der Waals surface area contributed by atoms with Gasteiger partial charge in [-0.1, -0.05) is 13.0 Å². The molecule has 0 aliphatic carbocycles. The molecule has 124 valence electrons. The number of hydrogen-bond donors (Lipinski definition) is 2. The summed E-state index contributed by atoms with van der Waals surface area (Å²) in [7, 11) is 0. The fourth-order valence-corrected chi connectivity index (χ4v) is 2.48. The third-order valence-corrected chi connectivity index (χ3v) is 3.67. The van der Waals surface area contributed by atoms with E-state index in [4.69, 9.17) is 0 Å². The van der Waals surface area contributed by atoms with Crippen LogP contribution in [0.5, 0.6) is 0 Å². The molecule has 6 heteroatoms. The number of aryl methyl sites for hydroxylation is 2. The van der Waals surface area contributed by atoms with Crippen molar-refractivity contribution in [3.63, 3.8) is 0 Å². The molecule has 0 saturated heterocycles. The molecule has 0 aliphatic rings. The summed E-state index contributed by atoms with van der Waals surface area (Å²) in [5, 5.41) is 5.69. The number of hydrogen-bond acceptors (Lipinski definition) is 3. The summed E-state index contributed by atoms with van der Waals surface area (Å²) in [6.45, 7) is 6.99. The molecule has 6 nitrogen and oxygen atoms in total. The van der Waals surface area contributed by atoms with Gasteiger partial charge >= 0.3 is 0 Å². The van der Waals surface area contributed by atoms with Gasteiger partial charge < -0.3 is 10.6 Å². The van der Waals surface area contributed by atoms with Gasteiger partial charge in [0.25, 0.3) is 5.91 Å². The second kappa shape index (κ2) is 7.76. The predicted molar refractivity (Wildman–Crippen MR) is 89.5 cm³/mol. The highest BCUT2D eigenvalue weighted by Crippen LogP contribution is 2.15. The Morgan fingerprint density at radius 1 is 1.22 bits per heavy atom. The Labute approximate surface area is 136 Å². The van der Waals surface area contributed by atoms with Crippen molar-refractivity contribution in [1.82, 2.24) is 20.0 Å². The molecule has 0 aliphatic heterocycles. The van der Waals surface area contributed by atoms with Crippen LogP contribution in [0.4, 0.5) is 0 Å². The fraction of sp³-hybridized carbons (Fsp3) is 0.471. The highest BCUT2D eigenvalue weighted by Gasteiger charge is 2.16. The zero-order valence-corrected chi connectivity index (χ0v) is 14.0. The number of carbonyl (C=O) groups is 2. The molecule has 2 heterocycles. The fourth-order valence-electron chi connectivity index (χ4n) is 2.48. The summed E-state index contributed by atoms with van der Waals surface area (Å²) < 4.78 is 1.81. The first-order valence-corrected chi connectivity index (χ1v) is 8.03. The number of nitrogens with zero attached hydrogens (tertiary/aromatic N) is 2. The molecule has 23 heavy (non-hydrogen) atoms. The Morgan fingerprint density at radius 3 is 2.74 bits per heavy atom. The van der Waals surface area contributed by atoms with Gasteiger partial charge in [-0.25, -0.2) is 4.98 Å². The SMILES string of the molecule is CCCNC(=O)CCCNC(=O)c1c(C)nc2c(C)cccn12. The third kappa shape index (κ3) is 4.09. The number of pyridine rings is 1. The first kappa shape index (κ1) is 17.0. The third-order valence-electron chi connectivity index (χ3n) is 3.67. The smallest absolute Gasteiger partial charge is 0.270 e. The topological polar surface area (TPSA) is 75.5 Å². The van der Waals surface area contributed by atoms with Gasteiger partial charge in [0, 0.05) is 25.7 Å². The van der Waals surface area contributed by atoms with Crippen LogP contribution in [0.2, 0.25) is 0 Å². The molecule has 0 saturated carbocycles. The lowest BCUT2D eigenvalue weighted by Gasteiger charge is -2.07. The normalized spacial score (nSPS) is 10.7. The van der Waals surface area contributed by atoms with Crippen LogP contribution < -0.4 is 10.6 Å². The summed E-state index contributed by atoms with van der Waals surface area (Å²) in [4.78, 5) is 28.4. The molecule has 0 fully saturated rings. The van der Waals surface area contributed by atoms with E-state index in [9.17, 15) is 9.59 Å². The second-order valence-corrected chi connectivity index (χ2v) is 5.64. The van der Waals surface area contributed by atoms with Gasteiger partial charge in [0.15, 0.2) is 0 Å². The number of imidazole rings is 1. The van der Waals surface area contributed by atoms with Crippen molar-refractivity contribution in [3.05, 3.63) is 35.3 Å². The minimum atomic E-state index is -0.158. The van der Waals surface area contributed by atoms with E-state index in [-0.39, 0.29) is 11.8 Å². The first-order valence-electron chi connectivity index (χ1n) is 8.03. The lowest BCUT2D eigenvalue weighted by atomic mass is 10.2. The maximum absolute atomic E-state index is 12.4. The van der Waals surface area contributed by atoms with Crippen LogP contribution in [-0.2, 0) is 4.79 Å². The van der Waals surface area contributed by atoms with E-state index in [0.717, 1.165) is 17.6 Å². The van der Waals surface area contributed by atoms with Crippen LogP contribution >= 0.6 is 0 Å². The van der Waals surface area contributed by atoms with E-state index in [1.54, 1.807) is 0 Å². The highest BCUT2D eigenvalue weighted by molar-refractivity contribution is 5.94. The maximum atomic E-state index is 12.4. The van der Waals surface area contributed by atoms with Crippen LogP contribution in [-0.4, -0.2) is 34.3 Å². The number of nitrogens with one attached hydrogen (secondary N) is 2. The maximum Gasteiger partial charge on any atom is 0.270 e. The Hall–Kier alpha value is -2.37. The molecule has 2 rings (SSSR count). The van der Waals surface area contributed by atoms with Gasteiger partial charge in [-0.05, 0) is 38.3 Å². The van der Waals surface area contributed by atoms with Crippen LogP contribution in [0.3, 0.4) is 0 Å². The summed E-state index contributed by atoms with van der Waals surface area (Å²) in [6, 6.07) is 3.87. The van der Waals surface area contributed by atoms with E-state index in [0.29, 0.717) is 37.3 Å². The molecule has 2 amide bonds. The van der Waals surface area contributed by atoms with Gasteiger partial charge in [-0.3, -0.25) is 14.0 Å². The molecular weight excluding hydrogens is 292 g/mol. The van der Waals surface area contributed by atoms with Crippen molar-refractivity contribution in [2.75, 3.05) is 13.1 Å². The molecular formula is C17H24N4O2. The Kier molecular flexibility index (Phi) is 5.73. The number of rotatable bonds is 7. The average molecular weight is 316 g/mol. The quantitative estimate of drug-likeness (QED) is 0.767. The van der Waals surface area contributed by atoms with Crippen molar-refractivity contribution >= 4 is 17.5 Å². The van der Waals surface area contributed by atoms with E-state index in [2.05, 4.69) is 15.6 Å². The molecule has 0 unspecified atom stereocenters. The summed E-state index contributed by atoms with van der Waals surface area (Å²) in [5.74, 6) is -0.128. The molecule has 2 aromatic heterocycles. The molecule has 2 aromatic rings. The molecule has 0 bridgehead atoms. The van der Waals surface area contributed by atoms with Crippen molar-refractivity contribution in [2.45, 2.75) is 40.0 Å². The molecule has 0 aromatic carbocycles. The Morgan fingerprint density at radius 2 is 2.00 bits per heavy atom. The molecule has 0 radical (unpaired) electrons. The van der Waals surface area contributed by atoms with Crippen molar-refractivity contribution in [1.29, 1.82) is 0 Å². The number of fused-ring (bicyclic) bond motifs is 1. The van der Waals surface area contributed by atoms with Crippen LogP contribution in [0, 0.1) is 13.8 Å². The lowest BCUT2D eigenvalue weighted by molar-refractivity contribution is -0.121. The zero-order chi connectivity index (χ0) is 16.8. The summed E-state index contributed by atoms with van der Waals surface area (Å²) in [5.41, 5.74) is 3.09. The standard InChI is InChI=1S/C17H24N4O2/c1-4-9-18-14(22)8-5-10-19-17(23)15-13(3)20-16-12(2)7-6-11-21(15)16/h6-7,11H,4-5,8-10H2,1-3H3,(H,18,22)(H,19,23). The van der Waals surface area contributed by atoms with Gasteiger partial charge in [-0.15, -0.1) is 0 Å².